The third-order valence-electron chi connectivity index (χ3n) is 4.62. The third kappa shape index (κ3) is 4.48. The quantitative estimate of drug-likeness (QED) is 0.719. The average Bonchev–Trinajstić information content (AvgIpc) is 2.89. The van der Waals surface area contributed by atoms with E-state index in [2.05, 4.69) is 0 Å². The van der Waals surface area contributed by atoms with Crippen LogP contribution in [0.15, 0.2) is 42.5 Å². The smallest absolute Gasteiger partial charge is 0.258 e. The third-order valence-corrected chi connectivity index (χ3v) is 5.80. The topological polar surface area (TPSA) is 76.2 Å². The molecule has 1 amide bonds. The fraction of sp³-hybridized carbons (Fsp3) is 0.381. The van der Waals surface area contributed by atoms with E-state index in [-0.39, 0.29) is 5.91 Å². The minimum atomic E-state index is -3.44. The summed E-state index contributed by atoms with van der Waals surface area (Å²) in [6, 6.07) is 12.2. The van der Waals surface area contributed by atoms with Crippen molar-refractivity contribution < 1.29 is 22.7 Å². The van der Waals surface area contributed by atoms with Crippen LogP contribution in [0.4, 0.5) is 11.4 Å². The number of carbonyl (C=O) groups is 1. The number of nitrogens with zero attached hydrogens (tertiary/aromatic N) is 2. The van der Waals surface area contributed by atoms with Gasteiger partial charge in [0.2, 0.25) is 10.0 Å². The zero-order valence-electron chi connectivity index (χ0n) is 16.9. The lowest BCUT2D eigenvalue weighted by molar-refractivity contribution is 0.0986. The van der Waals surface area contributed by atoms with Crippen LogP contribution in [0, 0.1) is 0 Å². The van der Waals surface area contributed by atoms with Crippen molar-refractivity contribution in [3.05, 3.63) is 48.0 Å². The van der Waals surface area contributed by atoms with Crippen LogP contribution in [-0.2, 0) is 10.0 Å². The Hall–Kier alpha value is -2.74. The largest absolute Gasteiger partial charge is 0.490 e. The zero-order valence-corrected chi connectivity index (χ0v) is 17.7. The summed E-state index contributed by atoms with van der Waals surface area (Å²) in [6.45, 7) is 5.44. The van der Waals surface area contributed by atoms with E-state index < -0.39 is 10.0 Å². The van der Waals surface area contributed by atoms with Gasteiger partial charge in [0.05, 0.1) is 30.8 Å². The standard InChI is InChI=1S/C21H26N2O5S/c1-4-27-19-12-11-16(15-20(19)28-5-2)21(24)22-13-8-14-23(29(3,25)26)18-10-7-6-9-17(18)22/h6-7,9-12,15H,4-5,8,13-14H2,1-3H3. The van der Waals surface area contributed by atoms with E-state index in [1.165, 1.54) is 10.6 Å². The number of sulfonamides is 1. The van der Waals surface area contributed by atoms with E-state index >= 15 is 0 Å². The molecule has 29 heavy (non-hydrogen) atoms. The number of rotatable bonds is 6. The van der Waals surface area contributed by atoms with Gasteiger partial charge in [-0.15, -0.1) is 0 Å². The molecule has 0 saturated heterocycles. The SMILES string of the molecule is CCOc1ccc(C(=O)N2CCCN(S(C)(=O)=O)c3ccccc32)cc1OCC. The van der Waals surface area contributed by atoms with E-state index in [0.717, 1.165) is 0 Å². The maximum atomic E-state index is 13.4. The Balaban J connectivity index is 2.01. The summed E-state index contributed by atoms with van der Waals surface area (Å²) in [5, 5.41) is 0. The Morgan fingerprint density at radius 1 is 0.966 bits per heavy atom. The van der Waals surface area contributed by atoms with Gasteiger partial charge in [0.1, 0.15) is 0 Å². The lowest BCUT2D eigenvalue weighted by Gasteiger charge is -2.25. The Morgan fingerprint density at radius 3 is 2.28 bits per heavy atom. The maximum absolute atomic E-state index is 13.4. The monoisotopic (exact) mass is 418 g/mol. The van der Waals surface area contributed by atoms with Crippen molar-refractivity contribution in [1.29, 1.82) is 0 Å². The molecular formula is C21H26N2O5S. The van der Waals surface area contributed by atoms with Gasteiger partial charge in [0.25, 0.3) is 5.91 Å². The lowest BCUT2D eigenvalue weighted by atomic mass is 10.1. The van der Waals surface area contributed by atoms with Crippen molar-refractivity contribution in [2.45, 2.75) is 20.3 Å². The molecule has 156 valence electrons. The summed E-state index contributed by atoms with van der Waals surface area (Å²) in [7, 11) is -3.44. The van der Waals surface area contributed by atoms with Crippen LogP contribution in [0.2, 0.25) is 0 Å². The highest BCUT2D eigenvalue weighted by molar-refractivity contribution is 7.92. The second-order valence-electron chi connectivity index (χ2n) is 6.66. The van der Waals surface area contributed by atoms with Gasteiger partial charge in [-0.05, 0) is 50.6 Å². The first kappa shape index (κ1) is 21.0. The fourth-order valence-corrected chi connectivity index (χ4v) is 4.38. The molecule has 0 saturated carbocycles. The fourth-order valence-electron chi connectivity index (χ4n) is 3.41. The first-order chi connectivity index (χ1) is 13.9. The van der Waals surface area contributed by atoms with Gasteiger partial charge >= 0.3 is 0 Å². The first-order valence-electron chi connectivity index (χ1n) is 9.65. The highest BCUT2D eigenvalue weighted by atomic mass is 32.2. The predicted molar refractivity (Wildman–Crippen MR) is 114 cm³/mol. The first-order valence-corrected chi connectivity index (χ1v) is 11.5. The van der Waals surface area contributed by atoms with Crippen LogP contribution in [0.25, 0.3) is 0 Å². The number of fused-ring (bicyclic) bond motifs is 1. The van der Waals surface area contributed by atoms with Crippen molar-refractivity contribution in [3.63, 3.8) is 0 Å². The molecule has 0 aliphatic carbocycles. The normalized spacial score (nSPS) is 14.2. The second kappa shape index (κ2) is 8.73. The second-order valence-corrected chi connectivity index (χ2v) is 8.57. The van der Waals surface area contributed by atoms with E-state index in [1.54, 1.807) is 47.4 Å². The van der Waals surface area contributed by atoms with Gasteiger partial charge in [-0.25, -0.2) is 8.42 Å². The number of ether oxygens (including phenoxy) is 2. The van der Waals surface area contributed by atoms with Gasteiger partial charge in [-0.1, -0.05) is 12.1 Å². The molecular weight excluding hydrogens is 392 g/mol. The summed E-state index contributed by atoms with van der Waals surface area (Å²) in [4.78, 5) is 15.0. The van der Waals surface area contributed by atoms with Crippen LogP contribution in [0.1, 0.15) is 30.6 Å². The van der Waals surface area contributed by atoms with Gasteiger partial charge in [0, 0.05) is 18.7 Å². The number of para-hydroxylation sites is 2. The Kier molecular flexibility index (Phi) is 6.32. The predicted octanol–water partition coefficient (Wildman–Crippen LogP) is 3.30. The van der Waals surface area contributed by atoms with Crippen molar-refractivity contribution in [1.82, 2.24) is 0 Å². The van der Waals surface area contributed by atoms with E-state index in [1.807, 2.05) is 13.8 Å². The molecule has 3 rings (SSSR count). The zero-order chi connectivity index (χ0) is 21.0. The molecule has 1 aliphatic rings. The number of hydrogen-bond acceptors (Lipinski definition) is 5. The van der Waals surface area contributed by atoms with Crippen LogP contribution < -0.4 is 18.7 Å². The summed E-state index contributed by atoms with van der Waals surface area (Å²) < 4.78 is 37.1. The number of carbonyl (C=O) groups excluding carboxylic acids is 1. The molecule has 0 atom stereocenters. The number of hydrogen-bond donors (Lipinski definition) is 0. The minimum Gasteiger partial charge on any atom is -0.490 e. The molecule has 0 spiro atoms. The number of anilines is 2. The van der Waals surface area contributed by atoms with Crippen LogP contribution >= 0.6 is 0 Å². The Labute approximate surface area is 171 Å². The van der Waals surface area contributed by atoms with Crippen molar-refractivity contribution in [2.75, 3.05) is 41.8 Å². The molecule has 0 unspecified atom stereocenters. The maximum Gasteiger partial charge on any atom is 0.258 e. The number of benzene rings is 2. The molecule has 2 aromatic rings. The summed E-state index contributed by atoms with van der Waals surface area (Å²) in [6.07, 6.45) is 1.71. The molecule has 0 aromatic heterocycles. The molecule has 8 heteroatoms. The summed E-state index contributed by atoms with van der Waals surface area (Å²) >= 11 is 0. The van der Waals surface area contributed by atoms with Gasteiger partial charge in [-0.2, -0.15) is 0 Å². The number of amides is 1. The average molecular weight is 419 g/mol. The van der Waals surface area contributed by atoms with Crippen molar-refractivity contribution in [2.24, 2.45) is 0 Å². The van der Waals surface area contributed by atoms with Crippen molar-refractivity contribution >= 4 is 27.3 Å². The Bertz CT molecular complexity index is 990. The molecule has 2 aromatic carbocycles. The highest BCUT2D eigenvalue weighted by Crippen LogP contribution is 2.35. The van der Waals surface area contributed by atoms with Gasteiger partial charge < -0.3 is 14.4 Å². The molecule has 7 nitrogen and oxygen atoms in total. The minimum absolute atomic E-state index is 0.211. The molecule has 0 fully saturated rings. The highest BCUT2D eigenvalue weighted by Gasteiger charge is 2.29. The summed E-state index contributed by atoms with van der Waals surface area (Å²) in [5.41, 5.74) is 1.54. The van der Waals surface area contributed by atoms with Gasteiger partial charge in [0.15, 0.2) is 11.5 Å². The van der Waals surface area contributed by atoms with Crippen LogP contribution in [-0.4, -0.2) is 46.9 Å². The van der Waals surface area contributed by atoms with E-state index in [9.17, 15) is 13.2 Å². The van der Waals surface area contributed by atoms with E-state index in [4.69, 9.17) is 9.47 Å². The molecule has 0 radical (unpaired) electrons. The molecule has 1 aliphatic heterocycles. The van der Waals surface area contributed by atoms with Crippen LogP contribution in [0.3, 0.4) is 0 Å². The molecule has 0 bridgehead atoms. The summed E-state index contributed by atoms with van der Waals surface area (Å²) in [5.74, 6) is 0.892. The van der Waals surface area contributed by atoms with Crippen molar-refractivity contribution in [3.8, 4) is 11.5 Å². The van der Waals surface area contributed by atoms with E-state index in [0.29, 0.717) is 61.2 Å². The molecule has 1 heterocycles. The lowest BCUT2D eigenvalue weighted by Crippen LogP contribution is -2.31. The Morgan fingerprint density at radius 2 is 1.62 bits per heavy atom. The van der Waals surface area contributed by atoms with Gasteiger partial charge in [-0.3, -0.25) is 9.10 Å². The van der Waals surface area contributed by atoms with Crippen LogP contribution in [0.5, 0.6) is 11.5 Å². The molecule has 0 N–H and O–H groups in total.